The average Bonchev–Trinajstić information content (AvgIpc) is 2.57. The van der Waals surface area contributed by atoms with Crippen LogP contribution in [-0.4, -0.2) is 16.1 Å². The molecule has 7 heteroatoms. The Labute approximate surface area is 135 Å². The SMILES string of the molecule is O=C(CCc1cccc(F)c1)Nc1ccc2c(=O)[nH][nH]c(=O)c2c1. The largest absolute Gasteiger partial charge is 0.326 e. The number of nitrogens with one attached hydrogen (secondary N) is 3. The first-order valence-corrected chi connectivity index (χ1v) is 7.32. The summed E-state index contributed by atoms with van der Waals surface area (Å²) >= 11 is 0. The summed E-state index contributed by atoms with van der Waals surface area (Å²) in [7, 11) is 0. The van der Waals surface area contributed by atoms with Gasteiger partial charge in [-0.1, -0.05) is 12.1 Å². The zero-order valence-electron chi connectivity index (χ0n) is 12.6. The Kier molecular flexibility index (Phi) is 4.24. The first-order chi connectivity index (χ1) is 11.5. The van der Waals surface area contributed by atoms with Gasteiger partial charge in [-0.2, -0.15) is 0 Å². The molecular weight excluding hydrogens is 313 g/mol. The Morgan fingerprint density at radius 3 is 2.50 bits per heavy atom. The number of carbonyl (C=O) groups is 1. The number of aromatic nitrogens is 2. The number of amides is 1. The number of aromatic amines is 2. The molecule has 0 fully saturated rings. The van der Waals surface area contributed by atoms with E-state index in [1.54, 1.807) is 18.2 Å². The van der Waals surface area contributed by atoms with Crippen LogP contribution in [0.1, 0.15) is 12.0 Å². The van der Waals surface area contributed by atoms with Gasteiger partial charge in [0.25, 0.3) is 11.1 Å². The summed E-state index contributed by atoms with van der Waals surface area (Å²) in [5.41, 5.74) is 0.295. The third-order valence-electron chi connectivity index (χ3n) is 3.61. The third kappa shape index (κ3) is 3.40. The zero-order chi connectivity index (χ0) is 17.1. The van der Waals surface area contributed by atoms with E-state index in [2.05, 4.69) is 15.5 Å². The summed E-state index contributed by atoms with van der Waals surface area (Å²) in [6, 6.07) is 10.5. The fourth-order valence-corrected chi connectivity index (χ4v) is 2.43. The molecule has 0 bridgehead atoms. The number of aryl methyl sites for hydroxylation is 1. The lowest BCUT2D eigenvalue weighted by molar-refractivity contribution is -0.116. The second-order valence-corrected chi connectivity index (χ2v) is 5.35. The van der Waals surface area contributed by atoms with Gasteiger partial charge in [0.1, 0.15) is 5.82 Å². The van der Waals surface area contributed by atoms with Crippen LogP contribution in [0.15, 0.2) is 52.1 Å². The van der Waals surface area contributed by atoms with Crippen LogP contribution in [0.4, 0.5) is 10.1 Å². The number of anilines is 1. The summed E-state index contributed by atoms with van der Waals surface area (Å²) in [6.45, 7) is 0. The van der Waals surface area contributed by atoms with Crippen molar-refractivity contribution in [1.29, 1.82) is 0 Å². The molecule has 1 aromatic heterocycles. The molecule has 122 valence electrons. The van der Waals surface area contributed by atoms with Crippen molar-refractivity contribution < 1.29 is 9.18 Å². The maximum absolute atomic E-state index is 13.1. The quantitative estimate of drug-likeness (QED) is 0.683. The fraction of sp³-hybridized carbons (Fsp3) is 0.118. The molecule has 0 aliphatic heterocycles. The van der Waals surface area contributed by atoms with Gasteiger partial charge in [-0.3, -0.25) is 24.6 Å². The molecule has 24 heavy (non-hydrogen) atoms. The molecule has 0 aliphatic rings. The molecule has 0 saturated heterocycles. The van der Waals surface area contributed by atoms with E-state index in [4.69, 9.17) is 0 Å². The molecule has 0 unspecified atom stereocenters. The second-order valence-electron chi connectivity index (χ2n) is 5.35. The van der Waals surface area contributed by atoms with Gasteiger partial charge in [0, 0.05) is 12.1 Å². The highest BCUT2D eigenvalue weighted by molar-refractivity contribution is 5.94. The molecule has 3 rings (SSSR count). The van der Waals surface area contributed by atoms with Gasteiger partial charge in [0.05, 0.1) is 10.8 Å². The third-order valence-corrected chi connectivity index (χ3v) is 3.61. The Balaban J connectivity index is 1.72. The van der Waals surface area contributed by atoms with E-state index in [1.807, 2.05) is 0 Å². The van der Waals surface area contributed by atoms with E-state index >= 15 is 0 Å². The van der Waals surface area contributed by atoms with Crippen molar-refractivity contribution in [2.24, 2.45) is 0 Å². The molecular formula is C17H14FN3O3. The Bertz CT molecular complexity index is 1020. The van der Waals surface area contributed by atoms with Crippen molar-refractivity contribution in [2.75, 3.05) is 5.32 Å². The number of halogens is 1. The van der Waals surface area contributed by atoms with Crippen molar-refractivity contribution in [3.63, 3.8) is 0 Å². The smallest absolute Gasteiger partial charge is 0.270 e. The van der Waals surface area contributed by atoms with Gasteiger partial charge in [0.2, 0.25) is 5.91 Å². The lowest BCUT2D eigenvalue weighted by Gasteiger charge is -2.06. The number of hydrogen-bond donors (Lipinski definition) is 3. The number of carbonyl (C=O) groups excluding carboxylic acids is 1. The van der Waals surface area contributed by atoms with Crippen molar-refractivity contribution in [1.82, 2.24) is 10.2 Å². The Morgan fingerprint density at radius 2 is 1.75 bits per heavy atom. The molecule has 0 aliphatic carbocycles. The summed E-state index contributed by atoms with van der Waals surface area (Å²) in [6.07, 6.45) is 0.574. The standard InChI is InChI=1S/C17H14FN3O3/c18-11-3-1-2-10(8-11)4-7-15(22)19-12-5-6-13-14(9-12)17(24)21-20-16(13)23/h1-3,5-6,8-9H,4,7H2,(H,19,22)(H,20,23)(H,21,24). The van der Waals surface area contributed by atoms with Crippen LogP contribution in [0, 0.1) is 5.82 Å². The molecule has 0 spiro atoms. The molecule has 0 atom stereocenters. The van der Waals surface area contributed by atoms with E-state index in [1.165, 1.54) is 24.3 Å². The van der Waals surface area contributed by atoms with Crippen molar-refractivity contribution >= 4 is 22.4 Å². The van der Waals surface area contributed by atoms with E-state index < -0.39 is 11.1 Å². The maximum Gasteiger partial charge on any atom is 0.270 e. The van der Waals surface area contributed by atoms with E-state index in [-0.39, 0.29) is 28.9 Å². The van der Waals surface area contributed by atoms with Crippen LogP contribution in [0.25, 0.3) is 10.8 Å². The Hall–Kier alpha value is -3.22. The van der Waals surface area contributed by atoms with Crippen LogP contribution < -0.4 is 16.4 Å². The number of benzene rings is 2. The number of H-pyrrole nitrogens is 2. The van der Waals surface area contributed by atoms with E-state index in [0.717, 1.165) is 5.56 Å². The first-order valence-electron chi connectivity index (χ1n) is 7.32. The lowest BCUT2D eigenvalue weighted by atomic mass is 10.1. The second kappa shape index (κ2) is 6.49. The predicted molar refractivity (Wildman–Crippen MR) is 88.5 cm³/mol. The van der Waals surface area contributed by atoms with Crippen molar-refractivity contribution in [2.45, 2.75) is 12.8 Å². The molecule has 6 nitrogen and oxygen atoms in total. The van der Waals surface area contributed by atoms with Gasteiger partial charge in [0.15, 0.2) is 0 Å². The monoisotopic (exact) mass is 327 g/mol. The van der Waals surface area contributed by atoms with Crippen LogP contribution in [0.2, 0.25) is 0 Å². The van der Waals surface area contributed by atoms with Gasteiger partial charge >= 0.3 is 0 Å². The lowest BCUT2D eigenvalue weighted by Crippen LogP contribution is -2.19. The highest BCUT2D eigenvalue weighted by Gasteiger charge is 2.07. The van der Waals surface area contributed by atoms with Gasteiger partial charge in [-0.05, 0) is 42.3 Å². The van der Waals surface area contributed by atoms with Crippen LogP contribution in [0.5, 0.6) is 0 Å². The highest BCUT2D eigenvalue weighted by atomic mass is 19.1. The van der Waals surface area contributed by atoms with E-state index in [0.29, 0.717) is 12.1 Å². The Morgan fingerprint density at radius 1 is 1.00 bits per heavy atom. The normalized spacial score (nSPS) is 10.7. The molecule has 3 aromatic rings. The number of hydrogen-bond acceptors (Lipinski definition) is 3. The first kappa shape index (κ1) is 15.7. The van der Waals surface area contributed by atoms with Crippen LogP contribution in [-0.2, 0) is 11.2 Å². The van der Waals surface area contributed by atoms with Crippen molar-refractivity contribution in [3.8, 4) is 0 Å². The van der Waals surface area contributed by atoms with Gasteiger partial charge in [-0.25, -0.2) is 4.39 Å². The molecule has 2 aromatic carbocycles. The molecule has 1 amide bonds. The minimum Gasteiger partial charge on any atom is -0.326 e. The zero-order valence-corrected chi connectivity index (χ0v) is 12.6. The fourth-order valence-electron chi connectivity index (χ4n) is 2.43. The van der Waals surface area contributed by atoms with Gasteiger partial charge in [-0.15, -0.1) is 0 Å². The summed E-state index contributed by atoms with van der Waals surface area (Å²) < 4.78 is 13.1. The molecule has 3 N–H and O–H groups in total. The topological polar surface area (TPSA) is 94.8 Å². The average molecular weight is 327 g/mol. The molecule has 0 radical (unpaired) electrons. The predicted octanol–water partition coefficient (Wildman–Crippen LogP) is 1.93. The maximum atomic E-state index is 13.1. The molecule has 1 heterocycles. The summed E-state index contributed by atoms with van der Waals surface area (Å²) in [5, 5.41) is 7.58. The minimum atomic E-state index is -0.444. The van der Waals surface area contributed by atoms with Crippen LogP contribution in [0.3, 0.4) is 0 Å². The minimum absolute atomic E-state index is 0.174. The number of rotatable bonds is 4. The molecule has 0 saturated carbocycles. The summed E-state index contributed by atoms with van der Waals surface area (Å²) in [5.74, 6) is -0.605. The van der Waals surface area contributed by atoms with Gasteiger partial charge < -0.3 is 5.32 Å². The van der Waals surface area contributed by atoms with Crippen molar-refractivity contribution in [3.05, 3.63) is 74.6 Å². The highest BCUT2D eigenvalue weighted by Crippen LogP contribution is 2.14. The number of fused-ring (bicyclic) bond motifs is 1. The van der Waals surface area contributed by atoms with E-state index in [9.17, 15) is 18.8 Å². The summed E-state index contributed by atoms with van der Waals surface area (Å²) in [4.78, 5) is 35.3. The van der Waals surface area contributed by atoms with Crippen LogP contribution >= 0.6 is 0 Å².